The highest BCUT2D eigenvalue weighted by Gasteiger charge is 2.30. The Kier molecular flexibility index (Phi) is 6.11. The predicted octanol–water partition coefficient (Wildman–Crippen LogP) is 3.55. The van der Waals surface area contributed by atoms with Crippen molar-refractivity contribution in [2.75, 3.05) is 16.8 Å². The SMILES string of the molecule is O=C(COC(=O)c1ccc(N2C(=O)CCC2=O)cc1)Nc1ccc(Br)cc1Cl. The van der Waals surface area contributed by atoms with E-state index in [4.69, 9.17) is 16.3 Å². The fourth-order valence-corrected chi connectivity index (χ4v) is 3.32. The minimum atomic E-state index is -0.706. The Hall–Kier alpha value is -2.71. The Labute approximate surface area is 173 Å². The molecular weight excluding hydrogens is 452 g/mol. The van der Waals surface area contributed by atoms with Crippen LogP contribution >= 0.6 is 27.5 Å². The van der Waals surface area contributed by atoms with E-state index < -0.39 is 18.5 Å². The number of carbonyl (C=O) groups is 4. The molecule has 0 aromatic heterocycles. The Morgan fingerprint density at radius 3 is 2.32 bits per heavy atom. The van der Waals surface area contributed by atoms with Crippen molar-refractivity contribution in [2.45, 2.75) is 12.8 Å². The molecule has 1 N–H and O–H groups in total. The van der Waals surface area contributed by atoms with Gasteiger partial charge in [-0.1, -0.05) is 27.5 Å². The topological polar surface area (TPSA) is 92.8 Å². The fourth-order valence-electron chi connectivity index (χ4n) is 2.60. The van der Waals surface area contributed by atoms with E-state index in [2.05, 4.69) is 21.2 Å². The molecule has 2 aromatic carbocycles. The van der Waals surface area contributed by atoms with Crippen molar-refractivity contribution in [1.82, 2.24) is 0 Å². The summed E-state index contributed by atoms with van der Waals surface area (Å²) in [5.41, 5.74) is 0.985. The fraction of sp³-hybridized carbons (Fsp3) is 0.158. The van der Waals surface area contributed by atoms with Crippen LogP contribution in [0, 0.1) is 0 Å². The van der Waals surface area contributed by atoms with Gasteiger partial charge in [0.05, 0.1) is 22.0 Å². The first kappa shape index (κ1) is 20.0. The highest BCUT2D eigenvalue weighted by atomic mass is 79.9. The number of ether oxygens (including phenoxy) is 1. The van der Waals surface area contributed by atoms with Gasteiger partial charge in [-0.25, -0.2) is 4.79 Å². The highest BCUT2D eigenvalue weighted by molar-refractivity contribution is 9.10. The third-order valence-electron chi connectivity index (χ3n) is 3.95. The van der Waals surface area contributed by atoms with Crippen LogP contribution in [0.2, 0.25) is 5.02 Å². The van der Waals surface area contributed by atoms with Crippen LogP contribution in [0.15, 0.2) is 46.9 Å². The van der Waals surface area contributed by atoms with Gasteiger partial charge >= 0.3 is 5.97 Å². The molecule has 2 aromatic rings. The number of imide groups is 1. The van der Waals surface area contributed by atoms with E-state index in [-0.39, 0.29) is 30.2 Å². The summed E-state index contributed by atoms with van der Waals surface area (Å²) in [7, 11) is 0. The van der Waals surface area contributed by atoms with Crippen LogP contribution in [-0.4, -0.2) is 30.3 Å². The van der Waals surface area contributed by atoms with E-state index in [1.807, 2.05) is 0 Å². The number of halogens is 2. The van der Waals surface area contributed by atoms with Crippen LogP contribution < -0.4 is 10.2 Å². The maximum Gasteiger partial charge on any atom is 0.338 e. The lowest BCUT2D eigenvalue weighted by Gasteiger charge is -2.14. The molecular formula is C19H14BrClN2O5. The lowest BCUT2D eigenvalue weighted by molar-refractivity contribution is -0.121. The first-order valence-corrected chi connectivity index (χ1v) is 9.40. The minimum Gasteiger partial charge on any atom is -0.452 e. The molecule has 28 heavy (non-hydrogen) atoms. The zero-order chi connectivity index (χ0) is 20.3. The van der Waals surface area contributed by atoms with Crippen molar-refractivity contribution < 1.29 is 23.9 Å². The molecule has 1 aliphatic heterocycles. The maximum absolute atomic E-state index is 12.1. The molecule has 1 saturated heterocycles. The highest BCUT2D eigenvalue weighted by Crippen LogP contribution is 2.26. The second kappa shape index (κ2) is 8.53. The third kappa shape index (κ3) is 4.58. The second-order valence-electron chi connectivity index (χ2n) is 5.92. The van der Waals surface area contributed by atoms with Crippen molar-refractivity contribution in [2.24, 2.45) is 0 Å². The van der Waals surface area contributed by atoms with Crippen molar-refractivity contribution >= 4 is 62.6 Å². The number of nitrogens with one attached hydrogen (secondary N) is 1. The molecule has 7 nitrogen and oxygen atoms in total. The van der Waals surface area contributed by atoms with Gasteiger partial charge in [0.15, 0.2) is 6.61 Å². The Morgan fingerprint density at radius 1 is 1.07 bits per heavy atom. The van der Waals surface area contributed by atoms with Crippen LogP contribution in [0.5, 0.6) is 0 Å². The van der Waals surface area contributed by atoms with Crippen LogP contribution in [0.4, 0.5) is 11.4 Å². The molecule has 1 fully saturated rings. The second-order valence-corrected chi connectivity index (χ2v) is 7.24. The first-order chi connectivity index (χ1) is 13.3. The van der Waals surface area contributed by atoms with E-state index in [1.165, 1.54) is 24.3 Å². The van der Waals surface area contributed by atoms with Gasteiger partial charge in [-0.15, -0.1) is 0 Å². The standard InChI is InChI=1S/C19H14BrClN2O5/c20-12-3-6-15(14(21)9-12)22-16(24)10-28-19(27)11-1-4-13(5-2-11)23-17(25)7-8-18(23)26/h1-6,9H,7-8,10H2,(H,22,24). The third-order valence-corrected chi connectivity index (χ3v) is 4.76. The lowest BCUT2D eigenvalue weighted by atomic mass is 10.2. The average molecular weight is 466 g/mol. The number of nitrogens with zero attached hydrogens (tertiary/aromatic N) is 1. The largest absolute Gasteiger partial charge is 0.452 e. The van der Waals surface area contributed by atoms with Crippen LogP contribution in [0.25, 0.3) is 0 Å². The smallest absolute Gasteiger partial charge is 0.338 e. The van der Waals surface area contributed by atoms with Gasteiger partial charge in [0.25, 0.3) is 5.91 Å². The van der Waals surface area contributed by atoms with Crippen molar-refractivity contribution in [3.63, 3.8) is 0 Å². The Morgan fingerprint density at radius 2 is 1.71 bits per heavy atom. The van der Waals surface area contributed by atoms with Gasteiger partial charge in [0.2, 0.25) is 11.8 Å². The molecule has 0 spiro atoms. The van der Waals surface area contributed by atoms with E-state index in [0.717, 1.165) is 9.37 Å². The molecule has 0 bridgehead atoms. The molecule has 1 heterocycles. The molecule has 0 aliphatic carbocycles. The Balaban J connectivity index is 1.56. The van der Waals surface area contributed by atoms with Crippen LogP contribution in [0.3, 0.4) is 0 Å². The van der Waals surface area contributed by atoms with Crippen LogP contribution in [-0.2, 0) is 19.1 Å². The van der Waals surface area contributed by atoms with Gasteiger partial charge in [-0.05, 0) is 42.5 Å². The van der Waals surface area contributed by atoms with Gasteiger partial charge < -0.3 is 10.1 Å². The number of esters is 1. The summed E-state index contributed by atoms with van der Waals surface area (Å²) in [6, 6.07) is 10.8. The predicted molar refractivity (Wildman–Crippen MR) is 106 cm³/mol. The lowest BCUT2D eigenvalue weighted by Crippen LogP contribution is -2.28. The van der Waals surface area contributed by atoms with Gasteiger partial charge in [-0.2, -0.15) is 0 Å². The van der Waals surface area contributed by atoms with Gasteiger partial charge in [0, 0.05) is 17.3 Å². The molecule has 0 atom stereocenters. The number of hydrogen-bond donors (Lipinski definition) is 1. The number of anilines is 2. The summed E-state index contributed by atoms with van der Waals surface area (Å²) in [5.74, 6) is -1.79. The normalized spacial score (nSPS) is 13.6. The summed E-state index contributed by atoms with van der Waals surface area (Å²) in [5, 5.41) is 2.89. The van der Waals surface area contributed by atoms with E-state index in [9.17, 15) is 19.2 Å². The first-order valence-electron chi connectivity index (χ1n) is 8.23. The van der Waals surface area contributed by atoms with Crippen molar-refractivity contribution in [3.05, 3.63) is 57.5 Å². The summed E-state index contributed by atoms with van der Waals surface area (Å²) in [4.78, 5) is 48.6. The monoisotopic (exact) mass is 464 g/mol. The van der Waals surface area contributed by atoms with E-state index in [0.29, 0.717) is 16.4 Å². The molecule has 3 amide bonds. The molecule has 0 saturated carbocycles. The number of benzene rings is 2. The molecule has 1 aliphatic rings. The zero-order valence-corrected chi connectivity index (χ0v) is 16.7. The quantitative estimate of drug-likeness (QED) is 0.538. The average Bonchev–Trinajstić information content (AvgIpc) is 3.00. The minimum absolute atomic E-state index is 0.181. The number of carbonyl (C=O) groups excluding carboxylic acids is 4. The van der Waals surface area contributed by atoms with Crippen molar-refractivity contribution in [1.29, 1.82) is 0 Å². The number of rotatable bonds is 5. The summed E-state index contributed by atoms with van der Waals surface area (Å²) in [6.07, 6.45) is 0.361. The van der Waals surface area contributed by atoms with Crippen LogP contribution in [0.1, 0.15) is 23.2 Å². The van der Waals surface area contributed by atoms with Gasteiger partial charge in [-0.3, -0.25) is 19.3 Å². The number of amides is 3. The molecule has 3 rings (SSSR count). The van der Waals surface area contributed by atoms with Crippen molar-refractivity contribution in [3.8, 4) is 0 Å². The van der Waals surface area contributed by atoms with Gasteiger partial charge in [0.1, 0.15) is 0 Å². The molecule has 0 radical (unpaired) electrons. The summed E-state index contributed by atoms with van der Waals surface area (Å²) >= 11 is 9.28. The maximum atomic E-state index is 12.1. The molecule has 144 valence electrons. The summed E-state index contributed by atoms with van der Waals surface area (Å²) < 4.78 is 5.75. The van der Waals surface area contributed by atoms with E-state index in [1.54, 1.807) is 18.2 Å². The summed E-state index contributed by atoms with van der Waals surface area (Å²) in [6.45, 7) is -0.490. The molecule has 9 heteroatoms. The number of hydrogen-bond acceptors (Lipinski definition) is 5. The molecule has 0 unspecified atom stereocenters. The Bertz CT molecular complexity index is 945. The van der Waals surface area contributed by atoms with E-state index >= 15 is 0 Å². The zero-order valence-electron chi connectivity index (χ0n) is 14.4.